The van der Waals surface area contributed by atoms with Crippen LogP contribution in [0.2, 0.25) is 0 Å². The van der Waals surface area contributed by atoms with E-state index in [1.54, 1.807) is 11.9 Å². The zero-order valence-corrected chi connectivity index (χ0v) is 15.6. The molecule has 1 fully saturated rings. The third kappa shape index (κ3) is 6.06. The summed E-state index contributed by atoms with van der Waals surface area (Å²) in [5.74, 6) is -10.1. The number of rotatable bonds is 7. The van der Waals surface area contributed by atoms with E-state index in [1.165, 1.54) is 0 Å². The molecule has 0 radical (unpaired) electrons. The highest BCUT2D eigenvalue weighted by molar-refractivity contribution is 4.98. The maximum Gasteiger partial charge on any atom is 0.425 e. The quantitative estimate of drug-likeness (QED) is 0.539. The zero-order valence-electron chi connectivity index (χ0n) is 15.6. The lowest BCUT2D eigenvalue weighted by atomic mass is 10.0. The van der Waals surface area contributed by atoms with Crippen molar-refractivity contribution in [1.29, 1.82) is 0 Å². The van der Waals surface area contributed by atoms with Crippen molar-refractivity contribution in [2.24, 2.45) is 0 Å². The molecule has 14 heteroatoms. The first-order chi connectivity index (χ1) is 12.8. The van der Waals surface area contributed by atoms with E-state index in [0.29, 0.717) is 11.8 Å². The molecule has 4 atom stereocenters. The summed E-state index contributed by atoms with van der Waals surface area (Å²) in [7, 11) is 1.56. The molecule has 0 amide bonds. The Hall–Kier alpha value is -0.890. The molecule has 0 N–H and O–H groups in total. The zero-order chi connectivity index (χ0) is 23.0. The van der Waals surface area contributed by atoms with Crippen LogP contribution in [0.1, 0.15) is 13.8 Å². The fraction of sp³-hybridized carbons (Fsp3) is 1.00. The van der Waals surface area contributed by atoms with Crippen molar-refractivity contribution in [3.05, 3.63) is 0 Å². The van der Waals surface area contributed by atoms with E-state index < -0.39 is 61.7 Å². The number of piperazine rings is 1. The van der Waals surface area contributed by atoms with Gasteiger partial charge < -0.3 is 9.64 Å². The van der Waals surface area contributed by atoms with Gasteiger partial charge in [-0.2, -0.15) is 26.3 Å². The predicted octanol–water partition coefficient (Wildman–Crippen LogP) is 4.13. The molecule has 3 nitrogen and oxygen atoms in total. The van der Waals surface area contributed by atoms with E-state index in [4.69, 9.17) is 0 Å². The second kappa shape index (κ2) is 8.69. The van der Waals surface area contributed by atoms with Gasteiger partial charge >= 0.3 is 18.3 Å². The molecule has 0 aromatic carbocycles. The fourth-order valence-corrected chi connectivity index (χ4v) is 2.88. The molecular formula is C15H21F11N2O. The van der Waals surface area contributed by atoms with Crippen molar-refractivity contribution >= 4 is 0 Å². The minimum Gasteiger partial charge on any atom is -0.363 e. The van der Waals surface area contributed by atoms with Gasteiger partial charge in [-0.1, -0.05) is 0 Å². The van der Waals surface area contributed by atoms with Crippen LogP contribution < -0.4 is 0 Å². The molecule has 4 unspecified atom stereocenters. The normalized spacial score (nSPS) is 23.0. The first kappa shape index (κ1) is 26.1. The van der Waals surface area contributed by atoms with Gasteiger partial charge in [0.25, 0.3) is 12.1 Å². The van der Waals surface area contributed by atoms with Gasteiger partial charge in [0.2, 0.25) is 0 Å². The van der Waals surface area contributed by atoms with Gasteiger partial charge in [0.15, 0.2) is 6.04 Å². The average Bonchev–Trinajstić information content (AvgIpc) is 2.53. The smallest absolute Gasteiger partial charge is 0.363 e. The summed E-state index contributed by atoms with van der Waals surface area (Å²) < 4.78 is 150. The fourth-order valence-electron chi connectivity index (χ4n) is 2.88. The lowest BCUT2D eigenvalue weighted by molar-refractivity contribution is -0.304. The number of alkyl halides is 11. The van der Waals surface area contributed by atoms with Crippen LogP contribution in [-0.4, -0.2) is 91.6 Å². The highest BCUT2D eigenvalue weighted by Gasteiger charge is 2.64. The van der Waals surface area contributed by atoms with E-state index in [0.717, 1.165) is 0 Å². The number of hydrogen-bond acceptors (Lipinski definition) is 3. The average molecular weight is 454 g/mol. The topological polar surface area (TPSA) is 15.7 Å². The van der Waals surface area contributed by atoms with Crippen LogP contribution >= 0.6 is 0 Å². The monoisotopic (exact) mass is 454 g/mol. The summed E-state index contributed by atoms with van der Waals surface area (Å²) in [6.07, 6.45) is -22.2. The van der Waals surface area contributed by atoms with Crippen LogP contribution in [-0.2, 0) is 4.74 Å². The van der Waals surface area contributed by atoms with E-state index in [1.807, 2.05) is 0 Å². The Balaban J connectivity index is 3.05. The first-order valence-electron chi connectivity index (χ1n) is 8.44. The summed E-state index contributed by atoms with van der Waals surface area (Å²) in [6, 6.07) is -3.41. The maximum absolute atomic E-state index is 14.6. The molecule has 1 saturated heterocycles. The molecule has 0 aliphatic carbocycles. The van der Waals surface area contributed by atoms with Gasteiger partial charge in [0, 0.05) is 26.2 Å². The summed E-state index contributed by atoms with van der Waals surface area (Å²) in [5.41, 5.74) is 0. The molecule has 1 heterocycles. The lowest BCUT2D eigenvalue weighted by Gasteiger charge is -2.43. The molecule has 0 aromatic heterocycles. The van der Waals surface area contributed by atoms with Crippen LogP contribution in [0.25, 0.3) is 0 Å². The Labute approximate surface area is 159 Å². The maximum atomic E-state index is 14.6. The Morgan fingerprint density at radius 2 is 1.10 bits per heavy atom. The van der Waals surface area contributed by atoms with Crippen molar-refractivity contribution < 1.29 is 53.0 Å². The number of halogens is 11. The van der Waals surface area contributed by atoms with Crippen molar-refractivity contribution in [3.63, 3.8) is 0 Å². The number of nitrogens with zero attached hydrogens (tertiary/aromatic N) is 2. The van der Waals surface area contributed by atoms with Crippen LogP contribution in [0.5, 0.6) is 0 Å². The van der Waals surface area contributed by atoms with E-state index in [-0.39, 0.29) is 20.0 Å². The van der Waals surface area contributed by atoms with E-state index >= 15 is 0 Å². The molecule has 0 aromatic rings. The number of likely N-dealkylation sites (N-methyl/N-ethyl adjacent to an activating group) is 1. The summed E-state index contributed by atoms with van der Waals surface area (Å²) >= 11 is 0. The standard InChI is InChI=1S/C15H21F11N2O/c1-8(12(17,18)10(16)14(21,22)23)29-9(2)13(19,20)11(15(24,25)26)28-6-4-27(3)5-7-28/h8-11H,4-7H2,1-3H3. The first-order valence-corrected chi connectivity index (χ1v) is 8.44. The summed E-state index contributed by atoms with van der Waals surface area (Å²) in [4.78, 5) is 2.00. The van der Waals surface area contributed by atoms with Gasteiger partial charge in [0.05, 0.1) is 0 Å². The highest BCUT2D eigenvalue weighted by atomic mass is 19.4. The van der Waals surface area contributed by atoms with Gasteiger partial charge in [-0.3, -0.25) is 4.90 Å². The van der Waals surface area contributed by atoms with E-state index in [9.17, 15) is 48.3 Å². The Kier molecular flexibility index (Phi) is 7.84. The third-order valence-corrected chi connectivity index (χ3v) is 4.70. The Morgan fingerprint density at radius 1 is 0.690 bits per heavy atom. The molecule has 1 aliphatic heterocycles. The number of ether oxygens (including phenoxy) is 1. The van der Waals surface area contributed by atoms with Crippen molar-refractivity contribution in [1.82, 2.24) is 9.80 Å². The molecule has 0 saturated carbocycles. The molecule has 174 valence electrons. The predicted molar refractivity (Wildman–Crippen MR) is 79.8 cm³/mol. The molecular weight excluding hydrogens is 433 g/mol. The summed E-state index contributed by atoms with van der Waals surface area (Å²) in [6.45, 7) is -0.251. The molecule has 1 rings (SSSR count). The van der Waals surface area contributed by atoms with Crippen molar-refractivity contribution in [3.8, 4) is 0 Å². The molecule has 0 spiro atoms. The molecule has 29 heavy (non-hydrogen) atoms. The molecule has 0 bridgehead atoms. The SMILES string of the molecule is CC(OC(C)C(F)(F)C(N1CCN(C)CC1)C(F)(F)F)C(F)(F)C(F)C(F)(F)F. The van der Waals surface area contributed by atoms with Crippen LogP contribution in [0, 0.1) is 0 Å². The third-order valence-electron chi connectivity index (χ3n) is 4.70. The highest BCUT2D eigenvalue weighted by Crippen LogP contribution is 2.42. The largest absolute Gasteiger partial charge is 0.425 e. The van der Waals surface area contributed by atoms with Crippen molar-refractivity contribution in [2.75, 3.05) is 33.2 Å². The molecule has 1 aliphatic rings. The van der Waals surface area contributed by atoms with Crippen LogP contribution in [0.15, 0.2) is 0 Å². The minimum absolute atomic E-state index is 0.0293. The lowest BCUT2D eigenvalue weighted by Crippen LogP contribution is -2.64. The number of hydrogen-bond donors (Lipinski definition) is 0. The van der Waals surface area contributed by atoms with Gasteiger partial charge in [-0.25, -0.2) is 22.0 Å². The van der Waals surface area contributed by atoms with Gasteiger partial charge in [0.1, 0.15) is 12.2 Å². The van der Waals surface area contributed by atoms with Gasteiger partial charge in [-0.15, -0.1) is 0 Å². The Bertz CT molecular complexity index is 529. The van der Waals surface area contributed by atoms with Crippen LogP contribution in [0.3, 0.4) is 0 Å². The Morgan fingerprint density at radius 3 is 1.48 bits per heavy atom. The van der Waals surface area contributed by atoms with Crippen LogP contribution in [0.4, 0.5) is 48.3 Å². The van der Waals surface area contributed by atoms with Gasteiger partial charge in [-0.05, 0) is 20.9 Å². The minimum atomic E-state index is -6.01. The summed E-state index contributed by atoms with van der Waals surface area (Å²) in [5, 5.41) is 0. The van der Waals surface area contributed by atoms with Crippen molar-refractivity contribution in [2.45, 2.75) is 62.5 Å². The second-order valence-corrected chi connectivity index (χ2v) is 6.96. The second-order valence-electron chi connectivity index (χ2n) is 6.96. The van der Waals surface area contributed by atoms with E-state index in [2.05, 4.69) is 4.74 Å².